The lowest BCUT2D eigenvalue weighted by atomic mass is 10.0. The lowest BCUT2D eigenvalue weighted by Crippen LogP contribution is -2.43. The van der Waals surface area contributed by atoms with Crippen LogP contribution in [0.15, 0.2) is 34.7 Å². The van der Waals surface area contributed by atoms with Gasteiger partial charge in [0.05, 0.1) is 24.3 Å². The van der Waals surface area contributed by atoms with Crippen molar-refractivity contribution in [1.82, 2.24) is 4.90 Å². The highest BCUT2D eigenvalue weighted by molar-refractivity contribution is 5.95. The van der Waals surface area contributed by atoms with Gasteiger partial charge in [0, 0.05) is 18.5 Å². The van der Waals surface area contributed by atoms with Crippen molar-refractivity contribution in [2.75, 3.05) is 19.8 Å². The number of ether oxygens (including phenoxy) is 1. The van der Waals surface area contributed by atoms with Gasteiger partial charge in [-0.1, -0.05) is 6.92 Å². The predicted molar refractivity (Wildman–Crippen MR) is 89.1 cm³/mol. The minimum Gasteiger partial charge on any atom is -0.464 e. The number of nitrogens with zero attached hydrogens (tertiary/aromatic N) is 1. The highest BCUT2D eigenvalue weighted by Gasteiger charge is 2.39. The number of rotatable bonds is 3. The molecule has 0 N–H and O–H groups in total. The van der Waals surface area contributed by atoms with E-state index in [1.54, 1.807) is 12.1 Å². The second kappa shape index (κ2) is 7.74. The van der Waals surface area contributed by atoms with Crippen LogP contribution in [0.3, 0.4) is 0 Å². The number of alkyl halides is 6. The van der Waals surface area contributed by atoms with Gasteiger partial charge in [-0.15, -0.1) is 0 Å². The van der Waals surface area contributed by atoms with Crippen molar-refractivity contribution in [3.05, 3.63) is 58.5 Å². The average molecular weight is 421 g/mol. The van der Waals surface area contributed by atoms with Gasteiger partial charge in [-0.2, -0.15) is 26.3 Å². The summed E-state index contributed by atoms with van der Waals surface area (Å²) in [5.74, 6) is 0.0404. The summed E-state index contributed by atoms with van der Waals surface area (Å²) in [5.41, 5.74) is -3.76. The maximum Gasteiger partial charge on any atom is 0.416 e. The molecule has 0 aliphatic carbocycles. The molecule has 1 saturated heterocycles. The molecule has 3 rings (SSSR count). The summed E-state index contributed by atoms with van der Waals surface area (Å²) < 4.78 is 89.5. The smallest absolute Gasteiger partial charge is 0.416 e. The fraction of sp³-hybridized carbons (Fsp3) is 0.421. The minimum absolute atomic E-state index is 0.00323. The number of carbonyl (C=O) groups is 1. The van der Waals surface area contributed by atoms with E-state index in [9.17, 15) is 31.1 Å². The molecule has 1 aliphatic rings. The molecule has 1 amide bonds. The standard InChI is InChI=1S/C19H17F6NO3/c1-2-14-3-4-16(29-14)15-10-28-6-5-26(15)17(27)11-7-12(18(20,21)22)9-13(8-11)19(23,24)25/h3-4,7-9,15H,2,5-6,10H2,1H3/t15-/m1/s1. The van der Waals surface area contributed by atoms with E-state index in [4.69, 9.17) is 9.15 Å². The van der Waals surface area contributed by atoms with E-state index in [-0.39, 0.29) is 25.8 Å². The fourth-order valence-electron chi connectivity index (χ4n) is 3.09. The van der Waals surface area contributed by atoms with Crippen molar-refractivity contribution in [3.63, 3.8) is 0 Å². The van der Waals surface area contributed by atoms with Crippen LogP contribution in [-0.4, -0.2) is 30.6 Å². The predicted octanol–water partition coefficient (Wildman–Crippen LogP) is 5.09. The molecule has 158 valence electrons. The molecule has 0 unspecified atom stereocenters. The molecule has 0 radical (unpaired) electrons. The number of furan rings is 1. The summed E-state index contributed by atoms with van der Waals surface area (Å²) in [7, 11) is 0. The monoisotopic (exact) mass is 421 g/mol. The summed E-state index contributed by atoms with van der Waals surface area (Å²) >= 11 is 0. The maximum absolute atomic E-state index is 13.1. The third-order valence-corrected chi connectivity index (χ3v) is 4.58. The van der Waals surface area contributed by atoms with Gasteiger partial charge in [0.25, 0.3) is 5.91 Å². The number of carbonyl (C=O) groups excluding carboxylic acids is 1. The van der Waals surface area contributed by atoms with Crippen LogP contribution < -0.4 is 0 Å². The van der Waals surface area contributed by atoms with Gasteiger partial charge >= 0.3 is 12.4 Å². The highest BCUT2D eigenvalue weighted by atomic mass is 19.4. The molecule has 0 bridgehead atoms. The van der Waals surface area contributed by atoms with E-state index in [2.05, 4.69) is 0 Å². The summed E-state index contributed by atoms with van der Waals surface area (Å²) in [4.78, 5) is 14.1. The van der Waals surface area contributed by atoms with E-state index in [1.165, 1.54) is 4.90 Å². The van der Waals surface area contributed by atoms with Gasteiger partial charge in [0.15, 0.2) is 0 Å². The van der Waals surface area contributed by atoms with Gasteiger partial charge in [0.2, 0.25) is 0 Å². The van der Waals surface area contributed by atoms with Crippen molar-refractivity contribution in [1.29, 1.82) is 0 Å². The van der Waals surface area contributed by atoms with E-state index < -0.39 is 41.0 Å². The molecule has 1 aromatic heterocycles. The Morgan fingerprint density at radius 2 is 1.69 bits per heavy atom. The topological polar surface area (TPSA) is 42.7 Å². The van der Waals surface area contributed by atoms with Crippen molar-refractivity contribution < 1.29 is 40.3 Å². The molecule has 29 heavy (non-hydrogen) atoms. The van der Waals surface area contributed by atoms with E-state index in [0.29, 0.717) is 30.1 Å². The Kier molecular flexibility index (Phi) is 5.66. The Hall–Kier alpha value is -2.49. The van der Waals surface area contributed by atoms with Gasteiger partial charge < -0.3 is 14.1 Å². The first-order valence-electron chi connectivity index (χ1n) is 8.77. The van der Waals surface area contributed by atoms with Crippen LogP contribution in [0.1, 0.15) is 46.0 Å². The van der Waals surface area contributed by atoms with Crippen LogP contribution in [-0.2, 0) is 23.5 Å². The number of halogens is 6. The largest absolute Gasteiger partial charge is 0.464 e. The normalized spacial score (nSPS) is 18.2. The first-order chi connectivity index (χ1) is 13.5. The van der Waals surface area contributed by atoms with Crippen LogP contribution in [0.25, 0.3) is 0 Å². The van der Waals surface area contributed by atoms with Gasteiger partial charge in [-0.25, -0.2) is 0 Å². The van der Waals surface area contributed by atoms with E-state index in [0.717, 1.165) is 0 Å². The Balaban J connectivity index is 2.01. The first-order valence-corrected chi connectivity index (χ1v) is 8.77. The lowest BCUT2D eigenvalue weighted by molar-refractivity contribution is -0.143. The fourth-order valence-corrected chi connectivity index (χ4v) is 3.09. The zero-order chi connectivity index (χ0) is 21.4. The van der Waals surface area contributed by atoms with E-state index in [1.807, 2.05) is 6.92 Å². The van der Waals surface area contributed by atoms with Gasteiger partial charge in [0.1, 0.15) is 17.6 Å². The average Bonchev–Trinajstić information content (AvgIpc) is 3.15. The van der Waals surface area contributed by atoms with Gasteiger partial charge in [-0.3, -0.25) is 4.79 Å². The molecule has 2 aromatic rings. The van der Waals surface area contributed by atoms with Crippen LogP contribution >= 0.6 is 0 Å². The highest BCUT2D eigenvalue weighted by Crippen LogP contribution is 2.37. The Morgan fingerprint density at radius 3 is 2.21 bits per heavy atom. The molecule has 1 fully saturated rings. The summed E-state index contributed by atoms with van der Waals surface area (Å²) in [6.45, 7) is 1.98. The molecule has 10 heteroatoms. The van der Waals surface area contributed by atoms with Crippen molar-refractivity contribution >= 4 is 5.91 Å². The lowest BCUT2D eigenvalue weighted by Gasteiger charge is -2.34. The summed E-state index contributed by atoms with van der Waals surface area (Å²) in [6, 6.07) is 3.42. The molecule has 4 nitrogen and oxygen atoms in total. The Bertz CT molecular complexity index is 855. The number of amides is 1. The third kappa shape index (κ3) is 4.58. The van der Waals surface area contributed by atoms with E-state index >= 15 is 0 Å². The molecule has 0 spiro atoms. The molecular formula is C19H17F6NO3. The Morgan fingerprint density at radius 1 is 1.07 bits per heavy atom. The van der Waals surface area contributed by atoms with Crippen LogP contribution in [0.2, 0.25) is 0 Å². The van der Waals surface area contributed by atoms with Gasteiger partial charge in [-0.05, 0) is 30.3 Å². The van der Waals surface area contributed by atoms with Crippen LogP contribution in [0, 0.1) is 0 Å². The Labute approximate surface area is 162 Å². The molecule has 1 aromatic carbocycles. The number of aryl methyl sites for hydroxylation is 1. The van der Waals surface area contributed by atoms with Crippen LogP contribution in [0.4, 0.5) is 26.3 Å². The molecule has 0 saturated carbocycles. The summed E-state index contributed by atoms with van der Waals surface area (Å²) in [5, 5.41) is 0. The number of hydrogen-bond acceptors (Lipinski definition) is 3. The van der Waals surface area contributed by atoms with Crippen molar-refractivity contribution in [2.45, 2.75) is 31.7 Å². The number of morpholine rings is 1. The zero-order valence-electron chi connectivity index (χ0n) is 15.2. The SMILES string of the molecule is CCc1ccc([C@H]2COCCN2C(=O)c2cc(C(F)(F)F)cc(C(F)(F)F)c2)o1. The molecule has 1 atom stereocenters. The van der Waals surface area contributed by atoms with Crippen molar-refractivity contribution in [2.24, 2.45) is 0 Å². The number of hydrogen-bond donors (Lipinski definition) is 0. The quantitative estimate of drug-likeness (QED) is 0.649. The number of benzene rings is 1. The first kappa shape index (κ1) is 21.2. The third-order valence-electron chi connectivity index (χ3n) is 4.58. The molecule has 2 heterocycles. The minimum atomic E-state index is -5.03. The molecule has 1 aliphatic heterocycles. The second-order valence-electron chi connectivity index (χ2n) is 6.54. The van der Waals surface area contributed by atoms with Crippen molar-refractivity contribution in [3.8, 4) is 0 Å². The zero-order valence-corrected chi connectivity index (χ0v) is 15.2. The van der Waals surface area contributed by atoms with Crippen LogP contribution in [0.5, 0.6) is 0 Å². The maximum atomic E-state index is 13.1. The summed E-state index contributed by atoms with van der Waals surface area (Å²) in [6.07, 6.45) is -9.47. The second-order valence-corrected chi connectivity index (χ2v) is 6.54. The molecular weight excluding hydrogens is 404 g/mol.